The van der Waals surface area contributed by atoms with E-state index in [4.69, 9.17) is 11.6 Å². The van der Waals surface area contributed by atoms with Crippen LogP contribution >= 0.6 is 11.6 Å². The summed E-state index contributed by atoms with van der Waals surface area (Å²) in [5.41, 5.74) is 0.509. The summed E-state index contributed by atoms with van der Waals surface area (Å²) >= 11 is 5.98. The summed E-state index contributed by atoms with van der Waals surface area (Å²) in [4.78, 5) is 18.3. The van der Waals surface area contributed by atoms with E-state index in [2.05, 4.69) is 18.8 Å². The van der Waals surface area contributed by atoms with Gasteiger partial charge in [0.05, 0.1) is 5.56 Å². The van der Waals surface area contributed by atoms with Crippen LogP contribution in [-0.4, -0.2) is 27.9 Å². The van der Waals surface area contributed by atoms with Crippen molar-refractivity contribution in [2.45, 2.75) is 45.2 Å². The summed E-state index contributed by atoms with van der Waals surface area (Å²) in [6.45, 7) is 4.19. The fraction of sp³-hybridized carbons (Fsp3) is 0.538. The predicted molar refractivity (Wildman–Crippen MR) is 68.2 cm³/mol. The summed E-state index contributed by atoms with van der Waals surface area (Å²) in [7, 11) is 0. The Morgan fingerprint density at radius 2 is 2.06 bits per heavy atom. The van der Waals surface area contributed by atoms with Gasteiger partial charge in [-0.3, -0.25) is 4.79 Å². The molecule has 3 nitrogen and oxygen atoms in total. The molecule has 1 fully saturated rings. The molecule has 1 saturated heterocycles. The molecule has 1 amide bonds. The smallest absolute Gasteiger partial charge is 0.257 e. The number of carbonyl (C=O) groups is 1. The molecule has 2 atom stereocenters. The number of amides is 1. The Morgan fingerprint density at radius 3 is 2.65 bits per heavy atom. The maximum Gasteiger partial charge on any atom is 0.257 e. The molecular weight excluding hydrogens is 236 g/mol. The fourth-order valence-corrected chi connectivity index (χ4v) is 2.71. The third-order valence-corrected chi connectivity index (χ3v) is 3.72. The molecule has 1 aromatic rings. The van der Waals surface area contributed by atoms with Crippen LogP contribution in [0.3, 0.4) is 0 Å². The number of piperidine rings is 1. The molecule has 0 spiro atoms. The molecule has 1 aliphatic heterocycles. The Balaban J connectivity index is 2.27. The first kappa shape index (κ1) is 12.4. The molecule has 0 bridgehead atoms. The van der Waals surface area contributed by atoms with E-state index in [9.17, 15) is 4.79 Å². The number of halogens is 1. The van der Waals surface area contributed by atoms with Crippen molar-refractivity contribution < 1.29 is 4.79 Å². The van der Waals surface area contributed by atoms with E-state index in [1.807, 2.05) is 4.90 Å². The molecule has 1 aromatic heterocycles. The predicted octanol–water partition coefficient (Wildman–Crippen LogP) is 3.14. The van der Waals surface area contributed by atoms with Crippen molar-refractivity contribution in [3.63, 3.8) is 0 Å². The van der Waals surface area contributed by atoms with Crippen LogP contribution < -0.4 is 0 Å². The van der Waals surface area contributed by atoms with Gasteiger partial charge in [-0.1, -0.05) is 11.6 Å². The van der Waals surface area contributed by atoms with Gasteiger partial charge in [0.25, 0.3) is 5.91 Å². The summed E-state index contributed by atoms with van der Waals surface area (Å²) in [6.07, 6.45) is 4.91. The van der Waals surface area contributed by atoms with Crippen molar-refractivity contribution in [1.82, 2.24) is 9.88 Å². The highest BCUT2D eigenvalue weighted by molar-refractivity contribution is 6.32. The number of nitrogens with zero attached hydrogens (tertiary/aromatic N) is 2. The zero-order valence-electron chi connectivity index (χ0n) is 10.2. The number of carbonyl (C=O) groups excluding carboxylic acids is 1. The lowest BCUT2D eigenvalue weighted by atomic mass is 9.96. The van der Waals surface area contributed by atoms with Gasteiger partial charge in [0.1, 0.15) is 5.15 Å². The third kappa shape index (κ3) is 2.44. The minimum Gasteiger partial charge on any atom is -0.333 e. The summed E-state index contributed by atoms with van der Waals surface area (Å²) in [5.74, 6) is 0.00259. The quantitative estimate of drug-likeness (QED) is 0.720. The fourth-order valence-electron chi connectivity index (χ4n) is 2.51. The van der Waals surface area contributed by atoms with Gasteiger partial charge in [-0.15, -0.1) is 0 Å². The van der Waals surface area contributed by atoms with E-state index < -0.39 is 0 Å². The molecule has 0 saturated carbocycles. The SMILES string of the molecule is C[C@@H]1CCC[C@H](C)N1C(=O)c1cccnc1Cl. The van der Waals surface area contributed by atoms with Crippen molar-refractivity contribution in [1.29, 1.82) is 0 Å². The molecule has 0 aromatic carbocycles. The average Bonchev–Trinajstić information content (AvgIpc) is 2.29. The number of rotatable bonds is 1. The lowest BCUT2D eigenvalue weighted by Gasteiger charge is -2.39. The lowest BCUT2D eigenvalue weighted by Crippen LogP contribution is -2.47. The molecule has 0 aliphatic carbocycles. The van der Waals surface area contributed by atoms with E-state index in [0.29, 0.717) is 10.7 Å². The number of likely N-dealkylation sites (tertiary alicyclic amines) is 1. The molecule has 0 unspecified atom stereocenters. The van der Waals surface area contributed by atoms with Crippen LogP contribution in [0, 0.1) is 0 Å². The highest BCUT2D eigenvalue weighted by Gasteiger charge is 2.30. The minimum atomic E-state index is 0.00259. The number of aromatic nitrogens is 1. The molecule has 4 heteroatoms. The molecule has 2 heterocycles. The van der Waals surface area contributed by atoms with Gasteiger partial charge in [-0.25, -0.2) is 4.98 Å². The van der Waals surface area contributed by atoms with Gasteiger partial charge in [0.15, 0.2) is 0 Å². The van der Waals surface area contributed by atoms with E-state index >= 15 is 0 Å². The summed E-state index contributed by atoms with van der Waals surface area (Å²) < 4.78 is 0. The Kier molecular flexibility index (Phi) is 3.67. The maximum absolute atomic E-state index is 12.4. The van der Waals surface area contributed by atoms with Crippen molar-refractivity contribution in [2.75, 3.05) is 0 Å². The Labute approximate surface area is 107 Å². The second-order valence-corrected chi connectivity index (χ2v) is 5.04. The van der Waals surface area contributed by atoms with Gasteiger partial charge < -0.3 is 4.90 Å². The van der Waals surface area contributed by atoms with Crippen LogP contribution in [0.15, 0.2) is 18.3 Å². The average molecular weight is 253 g/mol. The Morgan fingerprint density at radius 1 is 1.41 bits per heavy atom. The molecule has 92 valence electrons. The molecule has 17 heavy (non-hydrogen) atoms. The Hall–Kier alpha value is -1.09. The van der Waals surface area contributed by atoms with E-state index in [1.54, 1.807) is 18.3 Å². The second-order valence-electron chi connectivity index (χ2n) is 4.68. The molecule has 0 N–H and O–H groups in total. The third-order valence-electron chi connectivity index (χ3n) is 3.42. The first-order valence-corrected chi connectivity index (χ1v) is 6.42. The van der Waals surface area contributed by atoms with E-state index in [1.165, 1.54) is 6.42 Å². The minimum absolute atomic E-state index is 0.00259. The number of pyridine rings is 1. The number of hydrogen-bond acceptors (Lipinski definition) is 2. The van der Waals surface area contributed by atoms with Gasteiger partial charge in [0.2, 0.25) is 0 Å². The number of hydrogen-bond donors (Lipinski definition) is 0. The van der Waals surface area contributed by atoms with Crippen LogP contribution in [0.25, 0.3) is 0 Å². The van der Waals surface area contributed by atoms with Crippen LogP contribution in [0.5, 0.6) is 0 Å². The van der Waals surface area contributed by atoms with Crippen LogP contribution in [0.2, 0.25) is 5.15 Å². The van der Waals surface area contributed by atoms with E-state index in [-0.39, 0.29) is 18.0 Å². The summed E-state index contributed by atoms with van der Waals surface area (Å²) in [6, 6.07) is 4.05. The van der Waals surface area contributed by atoms with Gasteiger partial charge in [-0.2, -0.15) is 0 Å². The van der Waals surface area contributed by atoms with Crippen molar-refractivity contribution in [3.8, 4) is 0 Å². The maximum atomic E-state index is 12.4. The van der Waals surface area contributed by atoms with Crippen LogP contribution in [0.1, 0.15) is 43.5 Å². The first-order chi connectivity index (χ1) is 8.11. The summed E-state index contributed by atoms with van der Waals surface area (Å²) in [5, 5.41) is 0.294. The highest BCUT2D eigenvalue weighted by atomic mass is 35.5. The second kappa shape index (κ2) is 5.05. The molecular formula is C13H17ClN2O. The Bertz CT molecular complexity index is 412. The largest absolute Gasteiger partial charge is 0.333 e. The lowest BCUT2D eigenvalue weighted by molar-refractivity contribution is 0.0510. The van der Waals surface area contributed by atoms with Gasteiger partial charge in [0, 0.05) is 18.3 Å². The van der Waals surface area contributed by atoms with Gasteiger partial charge in [-0.05, 0) is 45.2 Å². The molecule has 1 aliphatic rings. The highest BCUT2D eigenvalue weighted by Crippen LogP contribution is 2.26. The van der Waals surface area contributed by atoms with Crippen LogP contribution in [0.4, 0.5) is 0 Å². The van der Waals surface area contributed by atoms with Crippen molar-refractivity contribution in [2.24, 2.45) is 0 Å². The van der Waals surface area contributed by atoms with Crippen LogP contribution in [-0.2, 0) is 0 Å². The van der Waals surface area contributed by atoms with Crippen molar-refractivity contribution >= 4 is 17.5 Å². The van der Waals surface area contributed by atoms with Gasteiger partial charge >= 0.3 is 0 Å². The molecule has 2 rings (SSSR count). The normalized spacial score (nSPS) is 24.8. The standard InChI is InChI=1S/C13H17ClN2O/c1-9-5-3-6-10(2)16(9)13(17)11-7-4-8-15-12(11)14/h4,7-10H,3,5-6H2,1-2H3/t9-,10+. The monoisotopic (exact) mass is 252 g/mol. The molecule has 0 radical (unpaired) electrons. The zero-order chi connectivity index (χ0) is 12.4. The van der Waals surface area contributed by atoms with E-state index in [0.717, 1.165) is 12.8 Å². The van der Waals surface area contributed by atoms with Crippen molar-refractivity contribution in [3.05, 3.63) is 29.0 Å². The first-order valence-electron chi connectivity index (χ1n) is 6.04. The zero-order valence-corrected chi connectivity index (χ0v) is 10.9. The topological polar surface area (TPSA) is 33.2 Å².